The topological polar surface area (TPSA) is 61.4 Å². The van der Waals surface area contributed by atoms with Gasteiger partial charge in [0.05, 0.1) is 17.9 Å². The molecule has 0 aliphatic carbocycles. The van der Waals surface area contributed by atoms with Crippen LogP contribution in [0.2, 0.25) is 0 Å². The van der Waals surface area contributed by atoms with Crippen molar-refractivity contribution in [2.24, 2.45) is 0 Å². The van der Waals surface area contributed by atoms with Crippen LogP contribution in [-0.4, -0.2) is 31.4 Å². The molecule has 148 valence electrons. The molecule has 2 aromatic carbocycles. The predicted octanol–water partition coefficient (Wildman–Crippen LogP) is 3.71. The van der Waals surface area contributed by atoms with Gasteiger partial charge in [0.1, 0.15) is 0 Å². The average molecular weight is 380 g/mol. The van der Waals surface area contributed by atoms with Gasteiger partial charge in [0.15, 0.2) is 0 Å². The number of hydrogen-bond acceptors (Lipinski definition) is 3. The molecule has 3 rings (SSSR count). The van der Waals surface area contributed by atoms with Gasteiger partial charge in [0, 0.05) is 19.5 Å². The summed E-state index contributed by atoms with van der Waals surface area (Å²) in [4.78, 5) is 26.0. The standard InChI is InChI=1S/C23H29N3O2/c1-17(2)19-11-9-18(10-12-19)13-14-24-22(27)16-25-20-6-3-4-7-21(20)26-15-5-8-23(26)28/h3-4,6-7,9-12,17,25H,5,8,13-16H2,1-2H3,(H,24,27). The van der Waals surface area contributed by atoms with E-state index in [2.05, 4.69) is 48.7 Å². The van der Waals surface area contributed by atoms with E-state index in [1.165, 1.54) is 11.1 Å². The van der Waals surface area contributed by atoms with E-state index in [1.807, 2.05) is 24.3 Å². The highest BCUT2D eigenvalue weighted by atomic mass is 16.2. The van der Waals surface area contributed by atoms with Gasteiger partial charge in [0.25, 0.3) is 0 Å². The lowest BCUT2D eigenvalue weighted by Gasteiger charge is -2.20. The minimum Gasteiger partial charge on any atom is -0.374 e. The second-order valence-corrected chi connectivity index (χ2v) is 7.52. The molecular formula is C23H29N3O2. The highest BCUT2D eigenvalue weighted by Gasteiger charge is 2.23. The van der Waals surface area contributed by atoms with Gasteiger partial charge in [-0.3, -0.25) is 9.59 Å². The zero-order valence-electron chi connectivity index (χ0n) is 16.7. The number of amides is 2. The first-order chi connectivity index (χ1) is 13.5. The Morgan fingerprint density at radius 3 is 2.54 bits per heavy atom. The van der Waals surface area contributed by atoms with E-state index < -0.39 is 0 Å². The summed E-state index contributed by atoms with van der Waals surface area (Å²) in [5.74, 6) is 0.613. The Morgan fingerprint density at radius 2 is 1.86 bits per heavy atom. The van der Waals surface area contributed by atoms with Crippen LogP contribution in [0.3, 0.4) is 0 Å². The molecule has 1 heterocycles. The quantitative estimate of drug-likeness (QED) is 0.735. The SMILES string of the molecule is CC(C)c1ccc(CCNC(=O)CNc2ccccc2N2CCCC2=O)cc1. The molecule has 0 unspecified atom stereocenters. The number of benzene rings is 2. The molecule has 2 aromatic rings. The van der Waals surface area contributed by atoms with Gasteiger partial charge in [-0.25, -0.2) is 0 Å². The second kappa shape index (κ2) is 9.40. The minimum atomic E-state index is -0.0543. The Bertz CT molecular complexity index is 815. The van der Waals surface area contributed by atoms with Crippen LogP contribution in [0.5, 0.6) is 0 Å². The molecule has 0 saturated carbocycles. The smallest absolute Gasteiger partial charge is 0.239 e. The second-order valence-electron chi connectivity index (χ2n) is 7.52. The first-order valence-corrected chi connectivity index (χ1v) is 10.0. The molecule has 0 radical (unpaired) electrons. The van der Waals surface area contributed by atoms with Gasteiger partial charge in [-0.2, -0.15) is 0 Å². The number of rotatable bonds is 8. The van der Waals surface area contributed by atoms with Crippen LogP contribution < -0.4 is 15.5 Å². The predicted molar refractivity (Wildman–Crippen MR) is 114 cm³/mol. The lowest BCUT2D eigenvalue weighted by molar-refractivity contribution is -0.119. The summed E-state index contributed by atoms with van der Waals surface area (Å²) in [5, 5.41) is 6.13. The van der Waals surface area contributed by atoms with E-state index in [9.17, 15) is 9.59 Å². The van der Waals surface area contributed by atoms with E-state index >= 15 is 0 Å². The molecular weight excluding hydrogens is 350 g/mol. The zero-order valence-corrected chi connectivity index (χ0v) is 16.7. The number of hydrogen-bond donors (Lipinski definition) is 2. The first-order valence-electron chi connectivity index (χ1n) is 10.0. The normalized spacial score (nSPS) is 13.8. The third kappa shape index (κ3) is 5.12. The molecule has 28 heavy (non-hydrogen) atoms. The molecule has 0 aromatic heterocycles. The van der Waals surface area contributed by atoms with Crippen molar-refractivity contribution in [3.63, 3.8) is 0 Å². The van der Waals surface area contributed by atoms with Crippen molar-refractivity contribution in [3.05, 3.63) is 59.7 Å². The van der Waals surface area contributed by atoms with Crippen LogP contribution in [0.1, 0.15) is 43.7 Å². The van der Waals surface area contributed by atoms with Crippen LogP contribution in [0.25, 0.3) is 0 Å². The maximum Gasteiger partial charge on any atom is 0.239 e. The fourth-order valence-electron chi connectivity index (χ4n) is 3.41. The summed E-state index contributed by atoms with van der Waals surface area (Å²) in [6.07, 6.45) is 2.28. The van der Waals surface area contributed by atoms with Crippen molar-refractivity contribution in [1.82, 2.24) is 5.32 Å². The number of nitrogens with one attached hydrogen (secondary N) is 2. The molecule has 1 saturated heterocycles. The number of carbonyl (C=O) groups is 2. The highest BCUT2D eigenvalue weighted by Crippen LogP contribution is 2.29. The molecule has 5 heteroatoms. The average Bonchev–Trinajstić information content (AvgIpc) is 3.12. The van der Waals surface area contributed by atoms with E-state index in [-0.39, 0.29) is 18.4 Å². The van der Waals surface area contributed by atoms with Gasteiger partial charge in [-0.15, -0.1) is 0 Å². The van der Waals surface area contributed by atoms with Crippen LogP contribution in [0.4, 0.5) is 11.4 Å². The van der Waals surface area contributed by atoms with Crippen molar-refractivity contribution in [2.45, 2.75) is 39.0 Å². The van der Waals surface area contributed by atoms with Crippen molar-refractivity contribution < 1.29 is 9.59 Å². The maximum absolute atomic E-state index is 12.2. The van der Waals surface area contributed by atoms with Crippen molar-refractivity contribution in [3.8, 4) is 0 Å². The number of carbonyl (C=O) groups excluding carboxylic acids is 2. The monoisotopic (exact) mass is 379 g/mol. The number of para-hydroxylation sites is 2. The van der Waals surface area contributed by atoms with Crippen LogP contribution >= 0.6 is 0 Å². The Balaban J connectivity index is 1.46. The molecule has 0 spiro atoms. The molecule has 5 nitrogen and oxygen atoms in total. The Labute approximate surface area is 167 Å². The van der Waals surface area contributed by atoms with E-state index in [0.717, 1.165) is 30.8 Å². The Hall–Kier alpha value is -2.82. The van der Waals surface area contributed by atoms with Gasteiger partial charge in [-0.1, -0.05) is 50.2 Å². The highest BCUT2D eigenvalue weighted by molar-refractivity contribution is 5.98. The fourth-order valence-corrected chi connectivity index (χ4v) is 3.41. The molecule has 1 fully saturated rings. The van der Waals surface area contributed by atoms with Crippen LogP contribution in [0, 0.1) is 0 Å². The largest absolute Gasteiger partial charge is 0.374 e. The lowest BCUT2D eigenvalue weighted by Crippen LogP contribution is -2.32. The Kier molecular flexibility index (Phi) is 6.69. The molecule has 0 bridgehead atoms. The third-order valence-corrected chi connectivity index (χ3v) is 5.09. The summed E-state index contributed by atoms with van der Waals surface area (Å²) in [6.45, 7) is 5.89. The summed E-state index contributed by atoms with van der Waals surface area (Å²) < 4.78 is 0. The number of anilines is 2. The fraction of sp³-hybridized carbons (Fsp3) is 0.391. The summed E-state index contributed by atoms with van der Waals surface area (Å²) >= 11 is 0. The van der Waals surface area contributed by atoms with Gasteiger partial charge >= 0.3 is 0 Å². The molecule has 0 atom stereocenters. The van der Waals surface area contributed by atoms with Crippen LogP contribution in [0.15, 0.2) is 48.5 Å². The van der Waals surface area contributed by atoms with Crippen molar-refractivity contribution in [1.29, 1.82) is 0 Å². The molecule has 1 aliphatic heterocycles. The van der Waals surface area contributed by atoms with E-state index in [1.54, 1.807) is 4.90 Å². The third-order valence-electron chi connectivity index (χ3n) is 5.09. The Morgan fingerprint density at radius 1 is 1.11 bits per heavy atom. The van der Waals surface area contributed by atoms with Crippen LogP contribution in [-0.2, 0) is 16.0 Å². The van der Waals surface area contributed by atoms with Gasteiger partial charge in [0.2, 0.25) is 11.8 Å². The van der Waals surface area contributed by atoms with Crippen molar-refractivity contribution >= 4 is 23.2 Å². The zero-order chi connectivity index (χ0) is 19.9. The molecule has 1 aliphatic rings. The van der Waals surface area contributed by atoms with E-state index in [0.29, 0.717) is 18.9 Å². The number of nitrogens with zero attached hydrogens (tertiary/aromatic N) is 1. The van der Waals surface area contributed by atoms with Crippen molar-refractivity contribution in [2.75, 3.05) is 29.9 Å². The van der Waals surface area contributed by atoms with E-state index in [4.69, 9.17) is 0 Å². The molecule has 2 amide bonds. The lowest BCUT2D eigenvalue weighted by atomic mass is 10.0. The summed E-state index contributed by atoms with van der Waals surface area (Å²) in [5.41, 5.74) is 4.21. The maximum atomic E-state index is 12.2. The summed E-state index contributed by atoms with van der Waals surface area (Å²) in [6, 6.07) is 16.2. The minimum absolute atomic E-state index is 0.0543. The molecule has 2 N–H and O–H groups in total. The first kappa shape index (κ1) is 19.9. The summed E-state index contributed by atoms with van der Waals surface area (Å²) in [7, 11) is 0. The van der Waals surface area contributed by atoms with Gasteiger partial charge < -0.3 is 15.5 Å². The van der Waals surface area contributed by atoms with Gasteiger partial charge in [-0.05, 0) is 42.0 Å².